The number of carbonyl (C=O) groups excluding carboxylic acids is 1. The van der Waals surface area contributed by atoms with Gasteiger partial charge in [0.05, 0.1) is 11.0 Å². The lowest BCUT2D eigenvalue weighted by molar-refractivity contribution is -0.116. The van der Waals surface area contributed by atoms with Crippen LogP contribution in [0.3, 0.4) is 0 Å². The van der Waals surface area contributed by atoms with Crippen molar-refractivity contribution in [3.8, 4) is 0 Å². The van der Waals surface area contributed by atoms with Gasteiger partial charge in [-0.25, -0.2) is 14.8 Å². The smallest absolute Gasteiger partial charge is 0.323 e. The van der Waals surface area contributed by atoms with Crippen LogP contribution >= 0.6 is 0 Å². The first kappa shape index (κ1) is 14.5. The maximum absolute atomic E-state index is 11.8. The minimum absolute atomic E-state index is 0.185. The highest BCUT2D eigenvalue weighted by Gasteiger charge is 2.01. The van der Waals surface area contributed by atoms with E-state index in [1.165, 1.54) is 18.5 Å². The van der Waals surface area contributed by atoms with Crippen LogP contribution in [0.5, 0.6) is 0 Å². The van der Waals surface area contributed by atoms with Crippen molar-refractivity contribution in [2.45, 2.75) is 6.54 Å². The third-order valence-corrected chi connectivity index (χ3v) is 3.17. The van der Waals surface area contributed by atoms with Gasteiger partial charge in [0.2, 0.25) is 11.9 Å². The quantitative estimate of drug-likeness (QED) is 0.523. The van der Waals surface area contributed by atoms with Gasteiger partial charge in [-0.1, -0.05) is 6.07 Å². The van der Waals surface area contributed by atoms with E-state index in [0.29, 0.717) is 17.6 Å². The molecule has 0 atom stereocenters. The van der Waals surface area contributed by atoms with E-state index in [2.05, 4.69) is 25.3 Å². The van der Waals surface area contributed by atoms with Crippen LogP contribution in [0.25, 0.3) is 17.1 Å². The zero-order chi connectivity index (χ0) is 16.2. The summed E-state index contributed by atoms with van der Waals surface area (Å²) >= 11 is 0. The first-order valence-electron chi connectivity index (χ1n) is 6.84. The molecule has 0 unspecified atom stereocenters. The Hall–Kier alpha value is -3.42. The van der Waals surface area contributed by atoms with Crippen molar-refractivity contribution in [1.82, 2.24) is 25.3 Å². The topological polar surface area (TPSA) is 130 Å². The number of anilines is 1. The third-order valence-electron chi connectivity index (χ3n) is 3.17. The number of aromatic amines is 2. The molecular formula is C15H14N6O2. The molecule has 2 heterocycles. The maximum Gasteiger partial charge on any atom is 0.323 e. The molecule has 5 N–H and O–H groups in total. The second-order valence-corrected chi connectivity index (χ2v) is 4.88. The molecule has 2 aromatic heterocycles. The van der Waals surface area contributed by atoms with Crippen LogP contribution in [-0.2, 0) is 11.3 Å². The molecule has 0 aliphatic heterocycles. The summed E-state index contributed by atoms with van der Waals surface area (Å²) in [5, 5.41) is 2.76. The monoisotopic (exact) mass is 310 g/mol. The third kappa shape index (κ3) is 3.62. The summed E-state index contributed by atoms with van der Waals surface area (Å²) in [5.41, 5.74) is 8.13. The summed E-state index contributed by atoms with van der Waals surface area (Å²) in [7, 11) is 0. The van der Waals surface area contributed by atoms with Crippen LogP contribution in [0.1, 0.15) is 11.1 Å². The molecule has 3 aromatic rings. The number of imidazole rings is 1. The molecule has 0 aliphatic carbocycles. The maximum atomic E-state index is 11.8. The number of nitrogens with two attached hydrogens (primary N) is 1. The summed E-state index contributed by atoms with van der Waals surface area (Å²) in [6, 6.07) is 5.44. The van der Waals surface area contributed by atoms with Crippen LogP contribution in [0.2, 0.25) is 0 Å². The Balaban J connectivity index is 1.61. The van der Waals surface area contributed by atoms with Crippen LogP contribution < -0.4 is 16.7 Å². The van der Waals surface area contributed by atoms with Gasteiger partial charge in [0.15, 0.2) is 0 Å². The van der Waals surface area contributed by atoms with Gasteiger partial charge < -0.3 is 21.0 Å². The Kier molecular flexibility index (Phi) is 3.88. The van der Waals surface area contributed by atoms with Crippen molar-refractivity contribution in [2.75, 3.05) is 5.73 Å². The number of amides is 1. The van der Waals surface area contributed by atoms with Crippen LogP contribution in [0, 0.1) is 0 Å². The lowest BCUT2D eigenvalue weighted by Crippen LogP contribution is -2.20. The van der Waals surface area contributed by atoms with Gasteiger partial charge in [0, 0.05) is 30.6 Å². The van der Waals surface area contributed by atoms with E-state index < -0.39 is 0 Å². The molecule has 23 heavy (non-hydrogen) atoms. The Morgan fingerprint density at radius 1 is 1.22 bits per heavy atom. The van der Waals surface area contributed by atoms with E-state index in [4.69, 9.17) is 5.73 Å². The molecule has 1 amide bonds. The number of aromatic nitrogens is 4. The van der Waals surface area contributed by atoms with E-state index in [-0.39, 0.29) is 17.5 Å². The fourth-order valence-corrected chi connectivity index (χ4v) is 2.04. The number of H-pyrrole nitrogens is 2. The molecule has 8 heteroatoms. The average molecular weight is 310 g/mol. The SMILES string of the molecule is Nc1ncc(/C=C/C(=O)NCc2ccc3[nH]c(=O)[nH]c3c2)cn1. The summed E-state index contributed by atoms with van der Waals surface area (Å²) in [6.07, 6.45) is 6.05. The molecule has 0 radical (unpaired) electrons. The summed E-state index contributed by atoms with van der Waals surface area (Å²) < 4.78 is 0. The number of nitrogen functional groups attached to an aromatic ring is 1. The molecule has 0 spiro atoms. The Morgan fingerprint density at radius 2 is 1.96 bits per heavy atom. The zero-order valence-electron chi connectivity index (χ0n) is 12.0. The average Bonchev–Trinajstić information content (AvgIpc) is 2.91. The Morgan fingerprint density at radius 3 is 2.74 bits per heavy atom. The lowest BCUT2D eigenvalue weighted by atomic mass is 10.2. The summed E-state index contributed by atoms with van der Waals surface area (Å²) in [4.78, 5) is 36.0. The predicted octanol–water partition coefficient (Wildman–Crippen LogP) is 0.558. The van der Waals surface area contributed by atoms with Gasteiger partial charge in [-0.3, -0.25) is 4.79 Å². The number of rotatable bonds is 4. The van der Waals surface area contributed by atoms with E-state index in [9.17, 15) is 9.59 Å². The minimum Gasteiger partial charge on any atom is -0.368 e. The molecule has 0 saturated carbocycles. The van der Waals surface area contributed by atoms with Crippen LogP contribution in [0.15, 0.2) is 41.5 Å². The van der Waals surface area contributed by atoms with Crippen molar-refractivity contribution >= 4 is 29.0 Å². The Labute approximate surface area is 130 Å². The van der Waals surface area contributed by atoms with Crippen LogP contribution in [0.4, 0.5) is 5.95 Å². The van der Waals surface area contributed by atoms with E-state index in [1.807, 2.05) is 12.1 Å². The van der Waals surface area contributed by atoms with E-state index >= 15 is 0 Å². The fourth-order valence-electron chi connectivity index (χ4n) is 2.04. The van der Waals surface area contributed by atoms with Crippen molar-refractivity contribution in [1.29, 1.82) is 0 Å². The molecule has 0 fully saturated rings. The van der Waals surface area contributed by atoms with Gasteiger partial charge in [-0.05, 0) is 23.8 Å². The first-order valence-corrected chi connectivity index (χ1v) is 6.84. The first-order chi connectivity index (χ1) is 11.1. The highest BCUT2D eigenvalue weighted by atomic mass is 16.1. The lowest BCUT2D eigenvalue weighted by Gasteiger charge is -2.02. The standard InChI is InChI=1S/C15H14N6O2/c16-14-18-7-10(8-19-14)2-4-13(22)17-6-9-1-3-11-12(5-9)21-15(23)20-11/h1-5,7-8H,6H2,(H,17,22)(H2,16,18,19)(H2,20,21,23)/b4-2+. The zero-order valence-corrected chi connectivity index (χ0v) is 12.0. The Bertz CT molecular complexity index is 923. The number of nitrogens with zero attached hydrogens (tertiary/aromatic N) is 2. The van der Waals surface area contributed by atoms with E-state index in [0.717, 1.165) is 11.1 Å². The number of carbonyl (C=O) groups is 1. The number of nitrogens with one attached hydrogen (secondary N) is 3. The molecular weight excluding hydrogens is 296 g/mol. The van der Waals surface area contributed by atoms with Crippen LogP contribution in [-0.4, -0.2) is 25.8 Å². The van der Waals surface area contributed by atoms with Crippen molar-refractivity contribution < 1.29 is 4.79 Å². The largest absolute Gasteiger partial charge is 0.368 e. The predicted molar refractivity (Wildman–Crippen MR) is 86.2 cm³/mol. The molecule has 8 nitrogen and oxygen atoms in total. The van der Waals surface area contributed by atoms with Gasteiger partial charge in [-0.2, -0.15) is 0 Å². The number of hydrogen-bond acceptors (Lipinski definition) is 5. The second-order valence-electron chi connectivity index (χ2n) is 4.88. The molecule has 0 aliphatic rings. The summed E-state index contributed by atoms with van der Waals surface area (Å²) in [6.45, 7) is 0.352. The van der Waals surface area contributed by atoms with Gasteiger partial charge in [-0.15, -0.1) is 0 Å². The second kappa shape index (κ2) is 6.14. The van der Waals surface area contributed by atoms with E-state index in [1.54, 1.807) is 12.1 Å². The fraction of sp³-hybridized carbons (Fsp3) is 0.0667. The number of hydrogen-bond donors (Lipinski definition) is 4. The molecule has 3 rings (SSSR count). The van der Waals surface area contributed by atoms with Gasteiger partial charge in [0.1, 0.15) is 0 Å². The van der Waals surface area contributed by atoms with Gasteiger partial charge >= 0.3 is 5.69 Å². The number of fused-ring (bicyclic) bond motifs is 1. The normalized spacial score (nSPS) is 11.1. The molecule has 116 valence electrons. The highest BCUT2D eigenvalue weighted by molar-refractivity contribution is 5.91. The van der Waals surface area contributed by atoms with Crippen molar-refractivity contribution in [2.24, 2.45) is 0 Å². The molecule has 1 aromatic carbocycles. The highest BCUT2D eigenvalue weighted by Crippen LogP contribution is 2.09. The summed E-state index contributed by atoms with van der Waals surface area (Å²) in [5.74, 6) is -0.0609. The minimum atomic E-state index is -0.255. The molecule has 0 saturated heterocycles. The van der Waals surface area contributed by atoms with Gasteiger partial charge in [0.25, 0.3) is 0 Å². The molecule has 0 bridgehead atoms. The number of benzene rings is 1. The van der Waals surface area contributed by atoms with Crippen molar-refractivity contribution in [3.63, 3.8) is 0 Å². The van der Waals surface area contributed by atoms with Crippen molar-refractivity contribution in [3.05, 3.63) is 58.3 Å².